The molecule has 1 saturated carbocycles. The largest absolute Gasteiger partial charge is 0.318 e. The molecule has 1 heterocycles. The van der Waals surface area contributed by atoms with Crippen molar-refractivity contribution in [1.29, 1.82) is 0 Å². The van der Waals surface area contributed by atoms with Crippen molar-refractivity contribution in [2.75, 3.05) is 0 Å². The van der Waals surface area contributed by atoms with Crippen LogP contribution in [0.1, 0.15) is 55.0 Å². The average Bonchev–Trinajstić information content (AvgIpc) is 2.79. The van der Waals surface area contributed by atoms with Gasteiger partial charge >= 0.3 is 0 Å². The van der Waals surface area contributed by atoms with Crippen molar-refractivity contribution in [3.05, 3.63) is 45.2 Å². The molecule has 0 atom stereocenters. The Kier molecular flexibility index (Phi) is 4.29. The minimum atomic E-state index is 0.648. The Bertz CT molecular complexity index is 667. The molecule has 0 bridgehead atoms. The summed E-state index contributed by atoms with van der Waals surface area (Å²) in [7, 11) is 0. The zero-order valence-corrected chi connectivity index (χ0v) is 14.0. The number of nitrogens with zero attached hydrogens (tertiary/aromatic N) is 2. The first-order valence-corrected chi connectivity index (χ1v) is 8.81. The van der Waals surface area contributed by atoms with Crippen LogP contribution in [0, 0.1) is 20.8 Å². The number of benzene rings is 1. The van der Waals surface area contributed by atoms with Gasteiger partial charge in [0.2, 0.25) is 0 Å². The quantitative estimate of drug-likeness (QED) is 0.724. The fourth-order valence-corrected chi connectivity index (χ4v) is 4.35. The zero-order valence-electron chi connectivity index (χ0n) is 13.2. The third-order valence-electron chi connectivity index (χ3n) is 4.29. The number of hydrogen-bond acceptors (Lipinski definition) is 2. The number of hydrogen-bond donors (Lipinski definition) is 0. The second-order valence-corrected chi connectivity index (χ2v) is 7.12. The molecule has 2 aromatic rings. The van der Waals surface area contributed by atoms with Gasteiger partial charge in [-0.05, 0) is 56.9 Å². The second kappa shape index (κ2) is 6.18. The topological polar surface area (TPSA) is 17.3 Å². The van der Waals surface area contributed by atoms with E-state index in [0.29, 0.717) is 6.04 Å². The highest BCUT2D eigenvalue weighted by atomic mass is 32.1. The van der Waals surface area contributed by atoms with E-state index in [1.807, 2.05) is 0 Å². The molecular weight excluding hydrogens is 276 g/mol. The summed E-state index contributed by atoms with van der Waals surface area (Å²) in [5.41, 5.74) is 5.01. The van der Waals surface area contributed by atoms with Gasteiger partial charge in [-0.25, -0.2) is 4.99 Å². The summed E-state index contributed by atoms with van der Waals surface area (Å²) in [4.78, 5) is 6.10. The molecule has 3 rings (SSSR count). The van der Waals surface area contributed by atoms with Crippen LogP contribution in [0.3, 0.4) is 0 Å². The predicted octanol–water partition coefficient (Wildman–Crippen LogP) is 5.21. The van der Waals surface area contributed by atoms with Crippen molar-refractivity contribution >= 4 is 17.0 Å². The van der Waals surface area contributed by atoms with Gasteiger partial charge in [0.15, 0.2) is 4.80 Å². The van der Waals surface area contributed by atoms with Gasteiger partial charge in [0.25, 0.3) is 0 Å². The van der Waals surface area contributed by atoms with E-state index in [0.717, 1.165) is 10.5 Å². The highest BCUT2D eigenvalue weighted by Crippen LogP contribution is 2.28. The molecule has 1 aromatic heterocycles. The van der Waals surface area contributed by atoms with Crippen LogP contribution in [-0.2, 0) is 0 Å². The molecule has 0 unspecified atom stereocenters. The predicted molar refractivity (Wildman–Crippen MR) is 90.3 cm³/mol. The van der Waals surface area contributed by atoms with Crippen molar-refractivity contribution in [1.82, 2.24) is 4.57 Å². The lowest BCUT2D eigenvalue weighted by molar-refractivity contribution is 0.344. The fourth-order valence-electron chi connectivity index (χ4n) is 3.39. The molecular formula is C18H24N2S. The number of aryl methyl sites for hydroxylation is 3. The third-order valence-corrected chi connectivity index (χ3v) is 5.25. The van der Waals surface area contributed by atoms with Crippen LogP contribution in [0.5, 0.6) is 0 Å². The van der Waals surface area contributed by atoms with Crippen LogP contribution in [0.25, 0.3) is 0 Å². The molecule has 1 fully saturated rings. The Morgan fingerprint density at radius 1 is 1.00 bits per heavy atom. The number of rotatable bonds is 2. The van der Waals surface area contributed by atoms with Gasteiger partial charge < -0.3 is 4.57 Å². The van der Waals surface area contributed by atoms with Gasteiger partial charge in [0.05, 0.1) is 5.69 Å². The van der Waals surface area contributed by atoms with Crippen molar-refractivity contribution in [2.24, 2.45) is 4.99 Å². The summed E-state index contributed by atoms with van der Waals surface area (Å²) >= 11 is 1.77. The average molecular weight is 300 g/mol. The van der Waals surface area contributed by atoms with E-state index in [1.165, 1.54) is 48.9 Å². The molecule has 0 saturated heterocycles. The molecule has 1 aromatic carbocycles. The Hall–Kier alpha value is -1.35. The van der Waals surface area contributed by atoms with Crippen molar-refractivity contribution in [3.8, 4) is 0 Å². The van der Waals surface area contributed by atoms with Crippen molar-refractivity contribution < 1.29 is 0 Å². The molecule has 1 aliphatic rings. The Morgan fingerprint density at radius 2 is 1.67 bits per heavy atom. The molecule has 3 heteroatoms. The standard InChI is InChI=1S/C18H24N2S/c1-13-9-14(2)11-16(10-13)19-18-20(15(3)12-21-18)17-7-5-4-6-8-17/h9-12,17H,4-8H2,1-3H3. The number of aromatic nitrogens is 1. The van der Waals surface area contributed by atoms with Gasteiger partial charge in [0, 0.05) is 17.1 Å². The van der Waals surface area contributed by atoms with Gasteiger partial charge in [-0.3, -0.25) is 0 Å². The molecule has 0 radical (unpaired) electrons. The smallest absolute Gasteiger partial charge is 0.190 e. The summed E-state index contributed by atoms with van der Waals surface area (Å²) < 4.78 is 2.47. The lowest BCUT2D eigenvalue weighted by Gasteiger charge is -2.24. The molecule has 0 spiro atoms. The van der Waals surface area contributed by atoms with Crippen LogP contribution in [0.15, 0.2) is 28.6 Å². The van der Waals surface area contributed by atoms with Crippen LogP contribution in [-0.4, -0.2) is 4.57 Å². The van der Waals surface area contributed by atoms with Crippen molar-refractivity contribution in [2.45, 2.75) is 58.9 Å². The van der Waals surface area contributed by atoms with E-state index in [2.05, 4.69) is 48.9 Å². The van der Waals surface area contributed by atoms with Gasteiger partial charge in [-0.15, -0.1) is 11.3 Å². The van der Waals surface area contributed by atoms with E-state index >= 15 is 0 Å². The zero-order chi connectivity index (χ0) is 14.8. The minimum absolute atomic E-state index is 0.648. The lowest BCUT2D eigenvalue weighted by atomic mass is 9.95. The van der Waals surface area contributed by atoms with Crippen LogP contribution in [0.4, 0.5) is 5.69 Å². The van der Waals surface area contributed by atoms with E-state index in [1.54, 1.807) is 11.3 Å². The molecule has 2 nitrogen and oxygen atoms in total. The van der Waals surface area contributed by atoms with E-state index in [4.69, 9.17) is 4.99 Å². The minimum Gasteiger partial charge on any atom is -0.318 e. The summed E-state index contributed by atoms with van der Waals surface area (Å²) in [6.07, 6.45) is 6.71. The highest BCUT2D eigenvalue weighted by Gasteiger charge is 2.17. The molecule has 0 aliphatic heterocycles. The van der Waals surface area contributed by atoms with Crippen LogP contribution < -0.4 is 4.80 Å². The highest BCUT2D eigenvalue weighted by molar-refractivity contribution is 7.07. The van der Waals surface area contributed by atoms with Gasteiger partial charge in [-0.2, -0.15) is 0 Å². The summed E-state index contributed by atoms with van der Waals surface area (Å²) in [5, 5.41) is 2.25. The first kappa shape index (κ1) is 14.6. The SMILES string of the molecule is Cc1cc(C)cc(N=c2scc(C)n2C2CCCCC2)c1. The first-order chi connectivity index (χ1) is 10.1. The summed E-state index contributed by atoms with van der Waals surface area (Å²) in [5.74, 6) is 0. The monoisotopic (exact) mass is 300 g/mol. The van der Waals surface area contributed by atoms with E-state index in [-0.39, 0.29) is 0 Å². The summed E-state index contributed by atoms with van der Waals surface area (Å²) in [6, 6.07) is 7.20. The molecule has 0 N–H and O–H groups in total. The van der Waals surface area contributed by atoms with E-state index in [9.17, 15) is 0 Å². The maximum absolute atomic E-state index is 4.94. The first-order valence-electron chi connectivity index (χ1n) is 7.93. The maximum Gasteiger partial charge on any atom is 0.190 e. The second-order valence-electron chi connectivity index (χ2n) is 6.28. The van der Waals surface area contributed by atoms with Crippen LogP contribution in [0.2, 0.25) is 0 Å². The Labute approximate surface area is 131 Å². The maximum atomic E-state index is 4.94. The molecule has 112 valence electrons. The fraction of sp³-hybridized carbons (Fsp3) is 0.500. The van der Waals surface area contributed by atoms with Gasteiger partial charge in [0.1, 0.15) is 0 Å². The van der Waals surface area contributed by atoms with Crippen LogP contribution >= 0.6 is 11.3 Å². The number of thiazole rings is 1. The Balaban J connectivity index is 2.03. The van der Waals surface area contributed by atoms with Gasteiger partial charge in [-0.1, -0.05) is 25.3 Å². The molecule has 1 aliphatic carbocycles. The normalized spacial score (nSPS) is 17.4. The Morgan fingerprint density at radius 3 is 2.33 bits per heavy atom. The third kappa shape index (κ3) is 3.29. The van der Waals surface area contributed by atoms with Crippen molar-refractivity contribution in [3.63, 3.8) is 0 Å². The lowest BCUT2D eigenvalue weighted by Crippen LogP contribution is -2.23. The van der Waals surface area contributed by atoms with E-state index < -0.39 is 0 Å². The molecule has 0 amide bonds. The molecule has 21 heavy (non-hydrogen) atoms. The summed E-state index contributed by atoms with van der Waals surface area (Å²) in [6.45, 7) is 6.49.